The van der Waals surface area contributed by atoms with E-state index in [1.54, 1.807) is 6.92 Å². The van der Waals surface area contributed by atoms with Gasteiger partial charge in [0.05, 0.1) is 6.61 Å². The molecule has 1 unspecified atom stereocenters. The van der Waals surface area contributed by atoms with Crippen molar-refractivity contribution in [2.24, 2.45) is 0 Å². The zero-order valence-electron chi connectivity index (χ0n) is 14.2. The molecule has 0 spiro atoms. The highest BCUT2D eigenvalue weighted by molar-refractivity contribution is 8.13. The Hall–Kier alpha value is -0.860. The van der Waals surface area contributed by atoms with Crippen LogP contribution in [0.1, 0.15) is 19.8 Å². The highest BCUT2D eigenvalue weighted by atomic mass is 32.2. The Balaban J connectivity index is 2.54. The minimum atomic E-state index is -3.54. The molecule has 0 radical (unpaired) electrons. The van der Waals surface area contributed by atoms with E-state index in [0.29, 0.717) is 13.0 Å². The molecule has 0 N–H and O–H groups in total. The van der Waals surface area contributed by atoms with E-state index < -0.39 is 19.5 Å². The second-order valence-corrected chi connectivity index (χ2v) is 8.13. The van der Waals surface area contributed by atoms with E-state index in [1.165, 1.54) is 25.2 Å². The quantitative estimate of drug-likeness (QED) is 0.342. The third-order valence-electron chi connectivity index (χ3n) is 3.64. The van der Waals surface area contributed by atoms with Crippen LogP contribution in [0.25, 0.3) is 0 Å². The predicted octanol–water partition coefficient (Wildman–Crippen LogP) is 2.84. The number of carbonyl (C=O) groups is 2. The van der Waals surface area contributed by atoms with Crippen LogP contribution in [0, 0.1) is 0 Å². The first-order chi connectivity index (χ1) is 11.3. The lowest BCUT2D eigenvalue weighted by Crippen LogP contribution is -2.50. The van der Waals surface area contributed by atoms with Crippen LogP contribution in [0.3, 0.4) is 0 Å². The zero-order chi connectivity index (χ0) is 18.2. The van der Waals surface area contributed by atoms with Gasteiger partial charge in [0.25, 0.3) is 0 Å². The maximum Gasteiger partial charge on any atom is 0.474 e. The topological polar surface area (TPSA) is 91.4 Å². The Kier molecular flexibility index (Phi) is 8.45. The number of amides is 1. The van der Waals surface area contributed by atoms with Gasteiger partial charge in [-0.25, -0.2) is 9.36 Å². The van der Waals surface area contributed by atoms with E-state index in [9.17, 15) is 14.2 Å². The van der Waals surface area contributed by atoms with Crippen molar-refractivity contribution in [2.75, 3.05) is 39.7 Å². The molecule has 1 fully saturated rings. The lowest BCUT2D eigenvalue weighted by molar-refractivity contribution is -0.119. The fourth-order valence-electron chi connectivity index (χ4n) is 2.30. The summed E-state index contributed by atoms with van der Waals surface area (Å²) in [4.78, 5) is 26.0. The molecule has 1 amide bonds. The SMILES string of the molecule is C=CCOC(=O)N1CCCC1(C)C(=O)SCCOP(=O)(OC)OC. The number of likely N-dealkylation sites (tertiary alicyclic amines) is 1. The summed E-state index contributed by atoms with van der Waals surface area (Å²) in [5.41, 5.74) is -0.921. The van der Waals surface area contributed by atoms with Gasteiger partial charge in [0.2, 0.25) is 5.12 Å². The molecule has 1 rings (SSSR count). The maximum atomic E-state index is 12.5. The summed E-state index contributed by atoms with van der Waals surface area (Å²) in [5, 5.41) is -0.163. The Morgan fingerprint density at radius 2 is 2.04 bits per heavy atom. The smallest absolute Gasteiger partial charge is 0.445 e. The Bertz CT molecular complexity index is 507. The number of thioether (sulfide) groups is 1. The maximum absolute atomic E-state index is 12.5. The molecule has 1 atom stereocenters. The molecule has 0 aromatic heterocycles. The fourth-order valence-corrected chi connectivity index (χ4v) is 3.97. The minimum Gasteiger partial charge on any atom is -0.445 e. The fraction of sp³-hybridized carbons (Fsp3) is 0.714. The van der Waals surface area contributed by atoms with Gasteiger partial charge < -0.3 is 4.74 Å². The predicted molar refractivity (Wildman–Crippen MR) is 90.9 cm³/mol. The third-order valence-corrected chi connectivity index (χ3v) is 6.10. The standard InChI is InChI=1S/C14H24NO7PS/c1-5-9-21-13(17)15-8-6-7-14(15,2)12(16)24-11-10-22-23(18,19-3)20-4/h5H,1,6-11H2,2-4H3. The molecule has 0 aliphatic carbocycles. The van der Waals surface area contributed by atoms with E-state index in [-0.39, 0.29) is 24.1 Å². The second kappa shape index (κ2) is 9.58. The number of nitrogens with zero attached hydrogens (tertiary/aromatic N) is 1. The van der Waals surface area contributed by atoms with E-state index in [2.05, 4.69) is 15.6 Å². The van der Waals surface area contributed by atoms with Crippen molar-refractivity contribution in [1.29, 1.82) is 0 Å². The van der Waals surface area contributed by atoms with Gasteiger partial charge in [-0.05, 0) is 19.8 Å². The zero-order valence-corrected chi connectivity index (χ0v) is 15.9. The van der Waals surface area contributed by atoms with Gasteiger partial charge >= 0.3 is 13.9 Å². The number of carbonyl (C=O) groups excluding carboxylic acids is 2. The summed E-state index contributed by atoms with van der Waals surface area (Å²) in [7, 11) is -1.11. The molecule has 1 saturated heterocycles. The van der Waals surface area contributed by atoms with Crippen LogP contribution in [-0.2, 0) is 27.7 Å². The first-order valence-electron chi connectivity index (χ1n) is 7.41. The van der Waals surface area contributed by atoms with Gasteiger partial charge in [-0.15, -0.1) is 0 Å². The second-order valence-electron chi connectivity index (χ2n) is 5.18. The summed E-state index contributed by atoms with van der Waals surface area (Å²) in [6.07, 6.45) is 2.24. The molecule has 0 saturated carbocycles. The van der Waals surface area contributed by atoms with Gasteiger partial charge in [-0.1, -0.05) is 24.4 Å². The molecule has 1 aliphatic heterocycles. The molecular formula is C14H24NO7PS. The van der Waals surface area contributed by atoms with Crippen molar-refractivity contribution in [3.8, 4) is 0 Å². The molecule has 0 aromatic rings. The molecule has 138 valence electrons. The van der Waals surface area contributed by atoms with Crippen molar-refractivity contribution in [3.63, 3.8) is 0 Å². The number of hydrogen-bond donors (Lipinski definition) is 0. The third kappa shape index (κ3) is 5.32. The van der Waals surface area contributed by atoms with E-state index in [1.807, 2.05) is 0 Å². The first-order valence-corrected chi connectivity index (χ1v) is 9.86. The summed E-state index contributed by atoms with van der Waals surface area (Å²) in [6, 6.07) is 0. The van der Waals surface area contributed by atoms with Crippen LogP contribution in [0.4, 0.5) is 4.79 Å². The molecule has 24 heavy (non-hydrogen) atoms. The number of rotatable bonds is 9. The van der Waals surface area contributed by atoms with Gasteiger partial charge in [-0.3, -0.25) is 23.3 Å². The molecule has 10 heteroatoms. The summed E-state index contributed by atoms with van der Waals surface area (Å²) >= 11 is 1.01. The van der Waals surface area contributed by atoms with E-state index >= 15 is 0 Å². The lowest BCUT2D eigenvalue weighted by Gasteiger charge is -2.32. The van der Waals surface area contributed by atoms with Crippen LogP contribution < -0.4 is 0 Å². The van der Waals surface area contributed by atoms with Crippen LogP contribution >= 0.6 is 19.6 Å². The van der Waals surface area contributed by atoms with Gasteiger partial charge in [0, 0.05) is 26.5 Å². The van der Waals surface area contributed by atoms with E-state index in [0.717, 1.165) is 18.2 Å². The molecule has 0 aromatic carbocycles. The minimum absolute atomic E-state index is 0.0202. The number of hydrogen-bond acceptors (Lipinski definition) is 8. The average Bonchev–Trinajstić information content (AvgIpc) is 2.99. The largest absolute Gasteiger partial charge is 0.474 e. The molecule has 1 heterocycles. The van der Waals surface area contributed by atoms with Crippen LogP contribution in [0.2, 0.25) is 0 Å². The van der Waals surface area contributed by atoms with Crippen molar-refractivity contribution >= 4 is 30.8 Å². The van der Waals surface area contributed by atoms with Gasteiger partial charge in [0.1, 0.15) is 12.1 Å². The highest BCUT2D eigenvalue weighted by Gasteiger charge is 2.46. The summed E-state index contributed by atoms with van der Waals surface area (Å²) < 4.78 is 31.1. The van der Waals surface area contributed by atoms with Crippen molar-refractivity contribution in [3.05, 3.63) is 12.7 Å². The molecule has 1 aliphatic rings. The molecule has 8 nitrogen and oxygen atoms in total. The van der Waals surface area contributed by atoms with Crippen molar-refractivity contribution in [2.45, 2.75) is 25.3 Å². The molecular weight excluding hydrogens is 357 g/mol. The number of phosphoric ester groups is 1. The van der Waals surface area contributed by atoms with Gasteiger partial charge in [0.15, 0.2) is 0 Å². The van der Waals surface area contributed by atoms with Crippen molar-refractivity contribution in [1.82, 2.24) is 4.90 Å². The van der Waals surface area contributed by atoms with E-state index in [4.69, 9.17) is 9.26 Å². The Morgan fingerprint density at radius 3 is 2.62 bits per heavy atom. The van der Waals surface area contributed by atoms with Crippen molar-refractivity contribution < 1.29 is 32.5 Å². The average molecular weight is 381 g/mol. The first kappa shape index (κ1) is 21.2. The number of ether oxygens (including phenoxy) is 1. The number of phosphoric acid groups is 1. The highest BCUT2D eigenvalue weighted by Crippen LogP contribution is 2.47. The monoisotopic (exact) mass is 381 g/mol. The van der Waals surface area contributed by atoms with Crippen LogP contribution in [0.15, 0.2) is 12.7 Å². The summed E-state index contributed by atoms with van der Waals surface area (Å²) in [5.74, 6) is 0.265. The Morgan fingerprint density at radius 1 is 1.38 bits per heavy atom. The van der Waals surface area contributed by atoms with Crippen LogP contribution in [0.5, 0.6) is 0 Å². The lowest BCUT2D eigenvalue weighted by atomic mass is 10.0. The van der Waals surface area contributed by atoms with Crippen LogP contribution in [-0.4, -0.2) is 61.4 Å². The van der Waals surface area contributed by atoms with Gasteiger partial charge in [-0.2, -0.15) is 0 Å². The summed E-state index contributed by atoms with van der Waals surface area (Å²) in [6.45, 7) is 5.80. The Labute approximate surface area is 146 Å². The molecule has 0 bridgehead atoms. The normalized spacial score (nSPS) is 20.9.